The molecule has 0 bridgehead atoms. The molecule has 1 saturated heterocycles. The normalized spacial score (nSPS) is 19.7. The van der Waals surface area contributed by atoms with Crippen molar-refractivity contribution in [3.63, 3.8) is 0 Å². The fourth-order valence-electron chi connectivity index (χ4n) is 1.52. The molecule has 1 atom stereocenters. The van der Waals surface area contributed by atoms with Crippen LogP contribution in [0.4, 0.5) is 8.78 Å². The Bertz CT molecular complexity index is 301. The molecule has 0 aliphatic carbocycles. The van der Waals surface area contributed by atoms with Crippen molar-refractivity contribution >= 4 is 0 Å². The molecule has 1 heterocycles. The van der Waals surface area contributed by atoms with Crippen molar-refractivity contribution in [3.8, 4) is 0 Å². The molecule has 0 radical (unpaired) electrons. The van der Waals surface area contributed by atoms with Gasteiger partial charge in [0.05, 0.1) is 12.7 Å². The zero-order valence-electron chi connectivity index (χ0n) is 7.80. The van der Waals surface area contributed by atoms with E-state index in [1.54, 1.807) is 0 Å². The van der Waals surface area contributed by atoms with Crippen LogP contribution >= 0.6 is 0 Å². The van der Waals surface area contributed by atoms with Crippen LogP contribution in [0.1, 0.15) is 18.4 Å². The van der Waals surface area contributed by atoms with Gasteiger partial charge in [0.25, 0.3) is 0 Å². The molecule has 1 aromatic carbocycles. The van der Waals surface area contributed by atoms with Gasteiger partial charge in [-0.1, -0.05) is 0 Å². The van der Waals surface area contributed by atoms with E-state index in [0.29, 0.717) is 12.5 Å². The van der Waals surface area contributed by atoms with Crippen LogP contribution in [-0.4, -0.2) is 12.7 Å². The Balaban J connectivity index is 1.87. The van der Waals surface area contributed by atoms with Gasteiger partial charge < -0.3 is 4.74 Å². The molecule has 0 aromatic heterocycles. The Hall–Kier alpha value is -0.960. The van der Waals surface area contributed by atoms with Gasteiger partial charge in [-0.3, -0.25) is 0 Å². The number of hydrogen-bond acceptors (Lipinski definition) is 1. The monoisotopic (exact) mass is 198 g/mol. The summed E-state index contributed by atoms with van der Waals surface area (Å²) in [6, 6.07) is 3.67. The summed E-state index contributed by atoms with van der Waals surface area (Å²) >= 11 is 0. The molecule has 3 heteroatoms. The minimum atomic E-state index is -0.498. The summed E-state index contributed by atoms with van der Waals surface area (Å²) in [5.74, 6) is -0.995. The van der Waals surface area contributed by atoms with Crippen LogP contribution in [0.2, 0.25) is 0 Å². The average Bonchev–Trinajstić information content (AvgIpc) is 2.86. The average molecular weight is 198 g/mol. The Labute approximate surface area is 81.7 Å². The van der Waals surface area contributed by atoms with Crippen molar-refractivity contribution in [1.29, 1.82) is 0 Å². The molecule has 1 unspecified atom stereocenters. The van der Waals surface area contributed by atoms with E-state index in [-0.39, 0.29) is 0 Å². The van der Waals surface area contributed by atoms with Crippen molar-refractivity contribution in [2.45, 2.75) is 25.4 Å². The third-order valence-corrected chi connectivity index (χ3v) is 2.32. The van der Waals surface area contributed by atoms with Crippen LogP contribution in [0, 0.1) is 11.6 Å². The maximum absolute atomic E-state index is 12.8. The van der Waals surface area contributed by atoms with E-state index in [0.717, 1.165) is 31.1 Å². The minimum Gasteiger partial charge on any atom is -0.373 e. The van der Waals surface area contributed by atoms with Gasteiger partial charge in [0.2, 0.25) is 0 Å². The molecule has 1 aromatic rings. The fourth-order valence-corrected chi connectivity index (χ4v) is 1.52. The highest BCUT2D eigenvalue weighted by atomic mass is 19.1. The molecule has 0 spiro atoms. The van der Waals surface area contributed by atoms with Gasteiger partial charge >= 0.3 is 0 Å². The lowest BCUT2D eigenvalue weighted by atomic mass is 10.1. The Kier molecular flexibility index (Phi) is 2.77. The summed E-state index contributed by atoms with van der Waals surface area (Å²) in [6.07, 6.45) is 3.02. The molecule has 2 rings (SSSR count). The Morgan fingerprint density at radius 2 is 1.86 bits per heavy atom. The van der Waals surface area contributed by atoms with Crippen LogP contribution in [0.15, 0.2) is 18.2 Å². The Morgan fingerprint density at radius 3 is 2.43 bits per heavy atom. The van der Waals surface area contributed by atoms with Crippen LogP contribution in [0.25, 0.3) is 0 Å². The summed E-state index contributed by atoms with van der Waals surface area (Å²) in [6.45, 7) is 0.845. The van der Waals surface area contributed by atoms with E-state index in [1.165, 1.54) is 12.1 Å². The summed E-state index contributed by atoms with van der Waals surface area (Å²) in [4.78, 5) is 0. The van der Waals surface area contributed by atoms with Crippen LogP contribution in [0.5, 0.6) is 0 Å². The van der Waals surface area contributed by atoms with Crippen molar-refractivity contribution in [2.24, 2.45) is 0 Å². The SMILES string of the molecule is Fc1cc(F)cc(CCCC2CO2)c1. The standard InChI is InChI=1S/C11H12F2O/c12-9-4-8(5-10(13)6-9)2-1-3-11-7-14-11/h4-6,11H,1-3,7H2. The summed E-state index contributed by atoms with van der Waals surface area (Å²) in [5, 5.41) is 0. The first-order valence-electron chi connectivity index (χ1n) is 4.80. The third kappa shape index (κ3) is 2.77. The quantitative estimate of drug-likeness (QED) is 0.677. The highest BCUT2D eigenvalue weighted by Crippen LogP contribution is 2.18. The number of benzene rings is 1. The van der Waals surface area contributed by atoms with E-state index in [1.807, 2.05) is 0 Å². The predicted molar refractivity (Wildman–Crippen MR) is 49.0 cm³/mol. The van der Waals surface area contributed by atoms with Crippen LogP contribution in [-0.2, 0) is 11.2 Å². The minimum absolute atomic E-state index is 0.397. The number of aryl methyl sites for hydroxylation is 1. The second kappa shape index (κ2) is 4.05. The number of epoxide rings is 1. The molecular weight excluding hydrogens is 186 g/mol. The van der Waals surface area contributed by atoms with Crippen molar-refractivity contribution in [3.05, 3.63) is 35.4 Å². The smallest absolute Gasteiger partial charge is 0.126 e. The predicted octanol–water partition coefficient (Wildman–Crippen LogP) is 2.69. The summed E-state index contributed by atoms with van der Waals surface area (Å²) < 4.78 is 30.6. The van der Waals surface area contributed by atoms with Gasteiger partial charge in [0.15, 0.2) is 0 Å². The van der Waals surface area contributed by atoms with Crippen molar-refractivity contribution < 1.29 is 13.5 Å². The second-order valence-corrected chi connectivity index (χ2v) is 3.63. The van der Waals surface area contributed by atoms with E-state index in [9.17, 15) is 8.78 Å². The maximum atomic E-state index is 12.8. The first kappa shape index (κ1) is 9.59. The maximum Gasteiger partial charge on any atom is 0.126 e. The second-order valence-electron chi connectivity index (χ2n) is 3.63. The molecule has 76 valence electrons. The fraction of sp³-hybridized carbons (Fsp3) is 0.455. The van der Waals surface area contributed by atoms with E-state index in [2.05, 4.69) is 0 Å². The lowest BCUT2D eigenvalue weighted by Gasteiger charge is -2.00. The largest absolute Gasteiger partial charge is 0.373 e. The topological polar surface area (TPSA) is 12.5 Å². The molecule has 1 nitrogen and oxygen atoms in total. The molecule has 0 amide bonds. The molecule has 14 heavy (non-hydrogen) atoms. The summed E-state index contributed by atoms with van der Waals surface area (Å²) in [7, 11) is 0. The van der Waals surface area contributed by atoms with Gasteiger partial charge in [-0.2, -0.15) is 0 Å². The van der Waals surface area contributed by atoms with Crippen LogP contribution in [0.3, 0.4) is 0 Å². The molecular formula is C11H12F2O. The van der Waals surface area contributed by atoms with Crippen molar-refractivity contribution in [1.82, 2.24) is 0 Å². The number of ether oxygens (including phenoxy) is 1. The first-order chi connectivity index (χ1) is 6.74. The number of halogens is 2. The molecule has 1 aliphatic rings. The van der Waals surface area contributed by atoms with E-state index in [4.69, 9.17) is 4.74 Å². The molecule has 0 saturated carbocycles. The number of rotatable bonds is 4. The molecule has 1 aliphatic heterocycles. The van der Waals surface area contributed by atoms with Gasteiger partial charge in [-0.15, -0.1) is 0 Å². The highest BCUT2D eigenvalue weighted by molar-refractivity contribution is 5.17. The third-order valence-electron chi connectivity index (χ3n) is 2.32. The van der Waals surface area contributed by atoms with Gasteiger partial charge in [0.1, 0.15) is 11.6 Å². The van der Waals surface area contributed by atoms with E-state index < -0.39 is 11.6 Å². The lowest BCUT2D eigenvalue weighted by molar-refractivity contribution is 0.392. The number of hydrogen-bond donors (Lipinski definition) is 0. The van der Waals surface area contributed by atoms with Crippen molar-refractivity contribution in [2.75, 3.05) is 6.61 Å². The first-order valence-corrected chi connectivity index (χ1v) is 4.80. The zero-order valence-corrected chi connectivity index (χ0v) is 7.80. The summed E-state index contributed by atoms with van der Waals surface area (Å²) in [5.41, 5.74) is 0.725. The molecule has 1 fully saturated rings. The molecule has 0 N–H and O–H groups in total. The van der Waals surface area contributed by atoms with Gasteiger partial charge in [0, 0.05) is 6.07 Å². The highest BCUT2D eigenvalue weighted by Gasteiger charge is 2.21. The van der Waals surface area contributed by atoms with E-state index >= 15 is 0 Å². The van der Waals surface area contributed by atoms with Crippen LogP contribution < -0.4 is 0 Å². The zero-order chi connectivity index (χ0) is 9.97. The van der Waals surface area contributed by atoms with Gasteiger partial charge in [-0.05, 0) is 37.0 Å². The van der Waals surface area contributed by atoms with Gasteiger partial charge in [-0.25, -0.2) is 8.78 Å². The lowest BCUT2D eigenvalue weighted by Crippen LogP contribution is -1.92. The Morgan fingerprint density at radius 1 is 1.21 bits per heavy atom.